The molecule has 0 aliphatic carbocycles. The normalized spacial score (nSPS) is 23.1. The molecule has 5 nitrogen and oxygen atoms in total. The third kappa shape index (κ3) is 2.30. The molecule has 3 aliphatic heterocycles. The Morgan fingerprint density at radius 2 is 2.05 bits per heavy atom. The molecule has 1 aromatic carbocycles. The van der Waals surface area contributed by atoms with Gasteiger partial charge in [0.15, 0.2) is 5.79 Å². The van der Waals surface area contributed by atoms with Gasteiger partial charge in [0.2, 0.25) is 0 Å². The van der Waals surface area contributed by atoms with Crippen LogP contribution < -0.4 is 4.74 Å². The summed E-state index contributed by atoms with van der Waals surface area (Å²) >= 11 is 0. The van der Waals surface area contributed by atoms with Crippen LogP contribution in [0.3, 0.4) is 0 Å². The lowest BCUT2D eigenvalue weighted by atomic mass is 10.0. The minimum absolute atomic E-state index is 0.0582. The minimum Gasteiger partial charge on any atom is -0.493 e. The first kappa shape index (κ1) is 13.1. The van der Waals surface area contributed by atoms with Crippen molar-refractivity contribution in [1.82, 2.24) is 4.90 Å². The van der Waals surface area contributed by atoms with E-state index >= 15 is 0 Å². The number of nitrogens with zero attached hydrogens (tertiary/aromatic N) is 1. The molecule has 0 aromatic heterocycles. The van der Waals surface area contributed by atoms with Crippen molar-refractivity contribution in [2.45, 2.75) is 25.0 Å². The molecule has 0 saturated carbocycles. The van der Waals surface area contributed by atoms with Crippen molar-refractivity contribution in [3.05, 3.63) is 29.3 Å². The molecular formula is C16H19NO4. The lowest BCUT2D eigenvalue weighted by molar-refractivity contribution is -0.183. The average molecular weight is 289 g/mol. The average Bonchev–Trinajstić information content (AvgIpc) is 3.15. The highest BCUT2D eigenvalue weighted by Crippen LogP contribution is 2.31. The summed E-state index contributed by atoms with van der Waals surface area (Å²) < 4.78 is 17.0. The van der Waals surface area contributed by atoms with Crippen molar-refractivity contribution in [3.63, 3.8) is 0 Å². The maximum atomic E-state index is 12.7. The van der Waals surface area contributed by atoms with Gasteiger partial charge in [-0.3, -0.25) is 4.79 Å². The van der Waals surface area contributed by atoms with E-state index in [-0.39, 0.29) is 5.91 Å². The van der Waals surface area contributed by atoms with Crippen LogP contribution in [0.25, 0.3) is 0 Å². The number of amides is 1. The Labute approximate surface area is 123 Å². The van der Waals surface area contributed by atoms with Crippen LogP contribution in [0.5, 0.6) is 5.75 Å². The van der Waals surface area contributed by atoms with Crippen LogP contribution in [0.1, 0.15) is 28.8 Å². The van der Waals surface area contributed by atoms with Gasteiger partial charge in [0.1, 0.15) is 5.75 Å². The van der Waals surface area contributed by atoms with Gasteiger partial charge < -0.3 is 19.1 Å². The molecule has 0 atom stereocenters. The molecular weight excluding hydrogens is 270 g/mol. The molecule has 112 valence electrons. The van der Waals surface area contributed by atoms with Gasteiger partial charge in [-0.05, 0) is 30.2 Å². The Morgan fingerprint density at radius 1 is 1.19 bits per heavy atom. The smallest absolute Gasteiger partial charge is 0.254 e. The van der Waals surface area contributed by atoms with Gasteiger partial charge in [0, 0.05) is 24.9 Å². The van der Waals surface area contributed by atoms with E-state index in [0.29, 0.717) is 26.4 Å². The predicted octanol–water partition coefficient (Wildman–Crippen LogP) is 1.60. The van der Waals surface area contributed by atoms with Gasteiger partial charge in [-0.2, -0.15) is 0 Å². The van der Waals surface area contributed by atoms with Gasteiger partial charge in [0.05, 0.1) is 26.4 Å². The quantitative estimate of drug-likeness (QED) is 0.788. The van der Waals surface area contributed by atoms with Crippen LogP contribution in [0.15, 0.2) is 18.2 Å². The number of likely N-dealkylation sites (tertiary alicyclic amines) is 1. The molecule has 1 amide bonds. The Kier molecular flexibility index (Phi) is 3.12. The highest BCUT2D eigenvalue weighted by molar-refractivity contribution is 5.94. The summed E-state index contributed by atoms with van der Waals surface area (Å²) in [6, 6.07) is 5.71. The SMILES string of the molecule is O=C(c1ccc2c(c1)CCO2)N1CCCC2(C1)OCCO2. The zero-order chi connectivity index (χ0) is 14.3. The number of ether oxygens (including phenoxy) is 3. The number of rotatable bonds is 1. The fourth-order valence-electron chi connectivity index (χ4n) is 3.40. The molecule has 2 saturated heterocycles. The summed E-state index contributed by atoms with van der Waals surface area (Å²) in [7, 11) is 0. The molecule has 0 unspecified atom stereocenters. The van der Waals surface area contributed by atoms with E-state index in [1.165, 1.54) is 0 Å². The van der Waals surface area contributed by atoms with Crippen molar-refractivity contribution in [2.24, 2.45) is 0 Å². The van der Waals surface area contributed by atoms with Gasteiger partial charge >= 0.3 is 0 Å². The van der Waals surface area contributed by atoms with E-state index in [0.717, 1.165) is 42.7 Å². The Hall–Kier alpha value is -1.59. The Balaban J connectivity index is 1.54. The molecule has 1 aromatic rings. The van der Waals surface area contributed by atoms with E-state index in [4.69, 9.17) is 14.2 Å². The van der Waals surface area contributed by atoms with Crippen molar-refractivity contribution < 1.29 is 19.0 Å². The van der Waals surface area contributed by atoms with Gasteiger partial charge in [0.25, 0.3) is 5.91 Å². The summed E-state index contributed by atoms with van der Waals surface area (Å²) in [5.74, 6) is 0.403. The molecule has 21 heavy (non-hydrogen) atoms. The summed E-state index contributed by atoms with van der Waals surface area (Å²) in [4.78, 5) is 14.6. The fraction of sp³-hybridized carbons (Fsp3) is 0.562. The second-order valence-electron chi connectivity index (χ2n) is 5.86. The topological polar surface area (TPSA) is 48.0 Å². The summed E-state index contributed by atoms with van der Waals surface area (Å²) in [6.45, 7) is 3.25. The van der Waals surface area contributed by atoms with Crippen LogP contribution in [0.2, 0.25) is 0 Å². The van der Waals surface area contributed by atoms with E-state index < -0.39 is 5.79 Å². The fourth-order valence-corrected chi connectivity index (χ4v) is 3.40. The molecule has 4 rings (SSSR count). The second-order valence-corrected chi connectivity index (χ2v) is 5.86. The number of carbonyl (C=O) groups excluding carboxylic acids is 1. The highest BCUT2D eigenvalue weighted by Gasteiger charge is 2.42. The number of carbonyl (C=O) groups is 1. The third-order valence-electron chi connectivity index (χ3n) is 4.45. The number of hydrogen-bond acceptors (Lipinski definition) is 4. The van der Waals surface area contributed by atoms with Crippen LogP contribution in [-0.4, -0.2) is 49.5 Å². The van der Waals surface area contributed by atoms with Crippen LogP contribution in [0, 0.1) is 0 Å². The van der Waals surface area contributed by atoms with Crippen LogP contribution in [0.4, 0.5) is 0 Å². The monoisotopic (exact) mass is 289 g/mol. The molecule has 3 aliphatic rings. The van der Waals surface area contributed by atoms with E-state index in [1.54, 1.807) is 0 Å². The van der Waals surface area contributed by atoms with Gasteiger partial charge in [-0.1, -0.05) is 0 Å². The molecule has 0 radical (unpaired) electrons. The van der Waals surface area contributed by atoms with Gasteiger partial charge in [-0.15, -0.1) is 0 Å². The number of benzene rings is 1. The predicted molar refractivity (Wildman–Crippen MR) is 75.4 cm³/mol. The standard InChI is InChI=1S/C16H19NO4/c18-15(13-2-3-14-12(10-13)4-7-19-14)17-6-1-5-16(11-17)20-8-9-21-16/h2-3,10H,1,4-9,11H2. The van der Waals surface area contributed by atoms with Crippen LogP contribution in [-0.2, 0) is 15.9 Å². The minimum atomic E-state index is -0.562. The molecule has 0 N–H and O–H groups in total. The number of fused-ring (bicyclic) bond motifs is 1. The maximum Gasteiger partial charge on any atom is 0.254 e. The lowest BCUT2D eigenvalue weighted by Gasteiger charge is -2.38. The third-order valence-corrected chi connectivity index (χ3v) is 4.45. The Bertz CT molecular complexity index is 565. The molecule has 5 heteroatoms. The first-order valence-corrected chi connectivity index (χ1v) is 7.59. The zero-order valence-electron chi connectivity index (χ0n) is 12.0. The summed E-state index contributed by atoms with van der Waals surface area (Å²) in [5, 5.41) is 0. The largest absolute Gasteiger partial charge is 0.493 e. The molecule has 1 spiro atoms. The first-order chi connectivity index (χ1) is 10.3. The van der Waals surface area contributed by atoms with E-state index in [1.807, 2.05) is 23.1 Å². The highest BCUT2D eigenvalue weighted by atomic mass is 16.7. The second kappa shape index (κ2) is 5.00. The number of piperidine rings is 1. The molecule has 0 bridgehead atoms. The summed E-state index contributed by atoms with van der Waals surface area (Å²) in [6.07, 6.45) is 2.67. The first-order valence-electron chi connectivity index (χ1n) is 7.59. The maximum absolute atomic E-state index is 12.7. The van der Waals surface area contributed by atoms with Crippen LogP contribution >= 0.6 is 0 Å². The van der Waals surface area contributed by atoms with E-state index in [2.05, 4.69) is 0 Å². The summed E-state index contributed by atoms with van der Waals surface area (Å²) in [5.41, 5.74) is 1.86. The van der Waals surface area contributed by atoms with E-state index in [9.17, 15) is 4.79 Å². The molecule has 3 heterocycles. The van der Waals surface area contributed by atoms with Crippen molar-refractivity contribution >= 4 is 5.91 Å². The van der Waals surface area contributed by atoms with Gasteiger partial charge in [-0.25, -0.2) is 0 Å². The van der Waals surface area contributed by atoms with Crippen molar-refractivity contribution in [2.75, 3.05) is 32.9 Å². The Morgan fingerprint density at radius 3 is 2.90 bits per heavy atom. The van der Waals surface area contributed by atoms with Crippen molar-refractivity contribution in [3.8, 4) is 5.75 Å². The zero-order valence-corrected chi connectivity index (χ0v) is 12.0. The lowest BCUT2D eigenvalue weighted by Crippen LogP contribution is -2.51. The number of hydrogen-bond donors (Lipinski definition) is 0. The molecule has 2 fully saturated rings. The van der Waals surface area contributed by atoms with Crippen molar-refractivity contribution in [1.29, 1.82) is 0 Å².